The number of rotatable bonds is 3. The Morgan fingerprint density at radius 1 is 1.20 bits per heavy atom. The van der Waals surface area contributed by atoms with Gasteiger partial charge in [-0.05, 0) is 42.2 Å². The summed E-state index contributed by atoms with van der Waals surface area (Å²) in [5.74, 6) is 1.39. The van der Waals surface area contributed by atoms with E-state index < -0.39 is 0 Å². The highest BCUT2D eigenvalue weighted by Crippen LogP contribution is 2.28. The predicted octanol–water partition coefficient (Wildman–Crippen LogP) is 3.57. The molecule has 3 rings (SSSR count). The van der Waals surface area contributed by atoms with E-state index in [2.05, 4.69) is 46.3 Å². The van der Waals surface area contributed by atoms with E-state index in [1.165, 1.54) is 11.1 Å². The van der Waals surface area contributed by atoms with Crippen molar-refractivity contribution in [3.63, 3.8) is 0 Å². The molecule has 0 amide bonds. The summed E-state index contributed by atoms with van der Waals surface area (Å²) in [6.45, 7) is 0.714. The van der Waals surface area contributed by atoms with Crippen LogP contribution in [0.15, 0.2) is 53.0 Å². The van der Waals surface area contributed by atoms with E-state index in [1.54, 1.807) is 0 Å². The Labute approximate surface area is 128 Å². The minimum atomic E-state index is 0.123. The number of para-hydroxylation sites is 1. The first-order chi connectivity index (χ1) is 9.72. The van der Waals surface area contributed by atoms with Gasteiger partial charge in [-0.15, -0.1) is 0 Å². The van der Waals surface area contributed by atoms with Crippen LogP contribution in [-0.2, 0) is 12.8 Å². The molecule has 2 N–H and O–H groups in total. The minimum absolute atomic E-state index is 0.123. The fraction of sp³-hybridized carbons (Fsp3) is 0.294. The van der Waals surface area contributed by atoms with Crippen molar-refractivity contribution in [1.82, 2.24) is 0 Å². The zero-order valence-electron chi connectivity index (χ0n) is 11.3. The molecular formula is C17H18BrNO. The fourth-order valence-corrected chi connectivity index (χ4v) is 3.18. The fourth-order valence-electron chi connectivity index (χ4n) is 2.73. The van der Waals surface area contributed by atoms with Crippen molar-refractivity contribution in [3.8, 4) is 5.75 Å². The molecule has 2 atom stereocenters. The van der Waals surface area contributed by atoms with Crippen LogP contribution < -0.4 is 10.5 Å². The summed E-state index contributed by atoms with van der Waals surface area (Å²) >= 11 is 3.50. The smallest absolute Gasteiger partial charge is 0.122 e. The molecule has 104 valence electrons. The average Bonchev–Trinajstić information content (AvgIpc) is 2.47. The Balaban J connectivity index is 1.68. The Hall–Kier alpha value is -1.32. The molecular weight excluding hydrogens is 314 g/mol. The number of halogens is 1. The Morgan fingerprint density at radius 3 is 2.90 bits per heavy atom. The Kier molecular flexibility index (Phi) is 4.08. The molecule has 1 aliphatic heterocycles. The van der Waals surface area contributed by atoms with E-state index in [9.17, 15) is 0 Å². The van der Waals surface area contributed by atoms with Gasteiger partial charge in [-0.3, -0.25) is 0 Å². The van der Waals surface area contributed by atoms with Crippen molar-refractivity contribution in [2.24, 2.45) is 11.7 Å². The second-order valence-corrected chi connectivity index (χ2v) is 6.30. The lowest BCUT2D eigenvalue weighted by Gasteiger charge is -2.29. The van der Waals surface area contributed by atoms with Crippen molar-refractivity contribution in [1.29, 1.82) is 0 Å². The molecule has 0 bridgehead atoms. The first kappa shape index (κ1) is 13.7. The second-order valence-electron chi connectivity index (χ2n) is 5.38. The molecule has 0 fully saturated rings. The lowest BCUT2D eigenvalue weighted by molar-refractivity contribution is 0.199. The average molecular weight is 332 g/mol. The van der Waals surface area contributed by atoms with Gasteiger partial charge >= 0.3 is 0 Å². The molecule has 0 aromatic heterocycles. The summed E-state index contributed by atoms with van der Waals surface area (Å²) in [7, 11) is 0. The van der Waals surface area contributed by atoms with Crippen molar-refractivity contribution in [2.45, 2.75) is 18.9 Å². The largest absolute Gasteiger partial charge is 0.493 e. The van der Waals surface area contributed by atoms with Gasteiger partial charge in [-0.1, -0.05) is 46.3 Å². The van der Waals surface area contributed by atoms with E-state index in [0.717, 1.165) is 23.1 Å². The monoisotopic (exact) mass is 331 g/mol. The maximum atomic E-state index is 6.39. The lowest BCUT2D eigenvalue weighted by Crippen LogP contribution is -2.39. The van der Waals surface area contributed by atoms with Gasteiger partial charge in [0.05, 0.1) is 6.61 Å². The summed E-state index contributed by atoms with van der Waals surface area (Å²) in [6.07, 6.45) is 1.89. The third-order valence-electron chi connectivity index (χ3n) is 3.87. The number of fused-ring (bicyclic) bond motifs is 1. The Morgan fingerprint density at radius 2 is 2.05 bits per heavy atom. The van der Waals surface area contributed by atoms with Crippen LogP contribution in [0.1, 0.15) is 11.1 Å². The van der Waals surface area contributed by atoms with E-state index >= 15 is 0 Å². The van der Waals surface area contributed by atoms with Gasteiger partial charge < -0.3 is 10.5 Å². The zero-order chi connectivity index (χ0) is 13.9. The van der Waals surface area contributed by atoms with Crippen molar-refractivity contribution >= 4 is 15.9 Å². The number of hydrogen-bond acceptors (Lipinski definition) is 2. The molecule has 2 nitrogen and oxygen atoms in total. The van der Waals surface area contributed by atoms with Crippen molar-refractivity contribution in [3.05, 3.63) is 64.1 Å². The minimum Gasteiger partial charge on any atom is -0.493 e. The molecule has 2 aromatic rings. The molecule has 20 heavy (non-hydrogen) atoms. The lowest BCUT2D eigenvalue weighted by atomic mass is 9.87. The topological polar surface area (TPSA) is 35.2 Å². The van der Waals surface area contributed by atoms with Crippen LogP contribution in [0.25, 0.3) is 0 Å². The van der Waals surface area contributed by atoms with E-state index in [-0.39, 0.29) is 6.04 Å². The highest BCUT2D eigenvalue weighted by Gasteiger charge is 2.25. The van der Waals surface area contributed by atoms with Gasteiger partial charge in [0.15, 0.2) is 0 Å². The summed E-state index contributed by atoms with van der Waals surface area (Å²) in [4.78, 5) is 0. The standard InChI is InChI=1S/C17H18BrNO/c18-15-6-3-4-12(8-15)9-16(19)14-10-13-5-1-2-7-17(13)20-11-14/h1-8,14,16H,9-11,19H2. The summed E-state index contributed by atoms with van der Waals surface area (Å²) < 4.78 is 6.93. The Bertz CT molecular complexity index is 599. The van der Waals surface area contributed by atoms with Crippen molar-refractivity contribution in [2.75, 3.05) is 6.61 Å². The van der Waals surface area contributed by atoms with Gasteiger partial charge in [0.2, 0.25) is 0 Å². The summed E-state index contributed by atoms with van der Waals surface area (Å²) in [6, 6.07) is 16.7. The summed E-state index contributed by atoms with van der Waals surface area (Å²) in [5.41, 5.74) is 8.93. The zero-order valence-corrected chi connectivity index (χ0v) is 12.8. The molecule has 0 radical (unpaired) electrons. The molecule has 3 heteroatoms. The van der Waals surface area contributed by atoms with Crippen LogP contribution in [0, 0.1) is 5.92 Å². The molecule has 0 saturated carbocycles. The van der Waals surface area contributed by atoms with E-state index in [0.29, 0.717) is 12.5 Å². The third-order valence-corrected chi connectivity index (χ3v) is 4.37. The van der Waals surface area contributed by atoms with Crippen LogP contribution in [0.2, 0.25) is 0 Å². The first-order valence-corrected chi connectivity index (χ1v) is 7.72. The maximum Gasteiger partial charge on any atom is 0.122 e. The molecule has 0 spiro atoms. The SMILES string of the molecule is NC(Cc1cccc(Br)c1)C1COc2ccccc2C1. The molecule has 0 aliphatic carbocycles. The molecule has 1 aliphatic rings. The normalized spacial score (nSPS) is 19.0. The van der Waals surface area contributed by atoms with Crippen LogP contribution in [0.3, 0.4) is 0 Å². The van der Waals surface area contributed by atoms with Gasteiger partial charge in [-0.2, -0.15) is 0 Å². The number of nitrogens with two attached hydrogens (primary N) is 1. The van der Waals surface area contributed by atoms with E-state index in [4.69, 9.17) is 10.5 Å². The van der Waals surface area contributed by atoms with Gasteiger partial charge in [0.25, 0.3) is 0 Å². The maximum absolute atomic E-state index is 6.39. The van der Waals surface area contributed by atoms with Gasteiger partial charge in [-0.25, -0.2) is 0 Å². The van der Waals surface area contributed by atoms with Crippen LogP contribution in [0.5, 0.6) is 5.75 Å². The van der Waals surface area contributed by atoms with Gasteiger partial charge in [0.1, 0.15) is 5.75 Å². The highest BCUT2D eigenvalue weighted by atomic mass is 79.9. The number of benzene rings is 2. The highest BCUT2D eigenvalue weighted by molar-refractivity contribution is 9.10. The molecule has 2 unspecified atom stereocenters. The van der Waals surface area contributed by atoms with E-state index in [1.807, 2.05) is 18.2 Å². The van der Waals surface area contributed by atoms with Crippen LogP contribution in [0.4, 0.5) is 0 Å². The number of ether oxygens (including phenoxy) is 1. The first-order valence-electron chi connectivity index (χ1n) is 6.93. The van der Waals surface area contributed by atoms with Gasteiger partial charge in [0, 0.05) is 16.4 Å². The van der Waals surface area contributed by atoms with Crippen molar-refractivity contribution < 1.29 is 4.74 Å². The van der Waals surface area contributed by atoms with Crippen LogP contribution >= 0.6 is 15.9 Å². The van der Waals surface area contributed by atoms with Crippen LogP contribution in [-0.4, -0.2) is 12.6 Å². The molecule has 2 aromatic carbocycles. The third kappa shape index (κ3) is 3.05. The molecule has 0 saturated heterocycles. The predicted molar refractivity (Wildman–Crippen MR) is 85.0 cm³/mol. The quantitative estimate of drug-likeness (QED) is 0.933. The molecule has 1 heterocycles. The summed E-state index contributed by atoms with van der Waals surface area (Å²) in [5, 5.41) is 0. The number of hydrogen-bond donors (Lipinski definition) is 1. The second kappa shape index (κ2) is 5.98.